The van der Waals surface area contributed by atoms with E-state index in [1.54, 1.807) is 6.20 Å². The Balaban J connectivity index is 1.27. The van der Waals surface area contributed by atoms with Crippen molar-refractivity contribution < 1.29 is 4.42 Å². The van der Waals surface area contributed by atoms with Gasteiger partial charge in [0, 0.05) is 27.9 Å². The summed E-state index contributed by atoms with van der Waals surface area (Å²) >= 11 is 0. The van der Waals surface area contributed by atoms with E-state index in [0.29, 0.717) is 0 Å². The highest BCUT2D eigenvalue weighted by molar-refractivity contribution is 6.15. The fourth-order valence-corrected chi connectivity index (χ4v) is 4.77. The van der Waals surface area contributed by atoms with Crippen molar-refractivity contribution >= 4 is 32.7 Å². The standard InChI is InChI=1S/C32H20N2O/c1-2-7-25-22(6-1)15-17-26-27-20-24(16-18-31(27)35-32(25)26)21-11-13-23(14-12-21)28-9-5-10-30(34-28)29-8-3-4-19-33-29/h1-20H. The molecule has 3 heteroatoms. The van der Waals surface area contributed by atoms with E-state index >= 15 is 0 Å². The molecule has 0 aliphatic heterocycles. The summed E-state index contributed by atoms with van der Waals surface area (Å²) < 4.78 is 6.27. The third-order valence-corrected chi connectivity index (χ3v) is 6.55. The second-order valence-corrected chi connectivity index (χ2v) is 8.68. The smallest absolute Gasteiger partial charge is 0.143 e. The van der Waals surface area contributed by atoms with Crippen LogP contribution in [0.1, 0.15) is 0 Å². The van der Waals surface area contributed by atoms with Crippen molar-refractivity contribution in [2.75, 3.05) is 0 Å². The number of fused-ring (bicyclic) bond motifs is 5. The molecule has 3 heterocycles. The van der Waals surface area contributed by atoms with E-state index in [-0.39, 0.29) is 0 Å². The van der Waals surface area contributed by atoms with Crippen molar-refractivity contribution in [3.05, 3.63) is 121 Å². The Kier molecular flexibility index (Phi) is 4.46. The summed E-state index contributed by atoms with van der Waals surface area (Å²) in [7, 11) is 0. The molecule has 164 valence electrons. The molecule has 3 aromatic heterocycles. The number of pyridine rings is 2. The van der Waals surface area contributed by atoms with Crippen LogP contribution in [-0.2, 0) is 0 Å². The van der Waals surface area contributed by atoms with Crippen LogP contribution in [0.5, 0.6) is 0 Å². The molecule has 3 nitrogen and oxygen atoms in total. The van der Waals surface area contributed by atoms with Crippen LogP contribution in [0.4, 0.5) is 0 Å². The minimum Gasteiger partial charge on any atom is -0.455 e. The molecule has 0 bridgehead atoms. The maximum atomic E-state index is 6.27. The molecule has 7 rings (SSSR count). The highest BCUT2D eigenvalue weighted by atomic mass is 16.3. The lowest BCUT2D eigenvalue weighted by Gasteiger charge is -2.07. The molecular formula is C32H20N2O. The molecule has 0 radical (unpaired) electrons. The fourth-order valence-electron chi connectivity index (χ4n) is 4.77. The lowest BCUT2D eigenvalue weighted by Crippen LogP contribution is -1.89. The molecule has 0 atom stereocenters. The van der Waals surface area contributed by atoms with Crippen LogP contribution in [-0.4, -0.2) is 9.97 Å². The largest absolute Gasteiger partial charge is 0.455 e. The summed E-state index contributed by atoms with van der Waals surface area (Å²) in [5.74, 6) is 0. The van der Waals surface area contributed by atoms with Gasteiger partial charge in [0.05, 0.1) is 17.1 Å². The van der Waals surface area contributed by atoms with E-state index < -0.39 is 0 Å². The monoisotopic (exact) mass is 448 g/mol. The number of aromatic nitrogens is 2. The number of hydrogen-bond donors (Lipinski definition) is 0. The highest BCUT2D eigenvalue weighted by Gasteiger charge is 2.12. The van der Waals surface area contributed by atoms with Crippen molar-refractivity contribution in [3.8, 4) is 33.8 Å². The van der Waals surface area contributed by atoms with Gasteiger partial charge in [0.15, 0.2) is 0 Å². The van der Waals surface area contributed by atoms with E-state index in [1.165, 1.54) is 5.39 Å². The van der Waals surface area contributed by atoms with Gasteiger partial charge < -0.3 is 4.42 Å². The average Bonchev–Trinajstić information content (AvgIpc) is 3.32. The van der Waals surface area contributed by atoms with Crippen LogP contribution in [0.2, 0.25) is 0 Å². The normalized spacial score (nSPS) is 11.4. The molecule has 0 amide bonds. The summed E-state index contributed by atoms with van der Waals surface area (Å²) in [5.41, 5.74) is 7.94. The maximum Gasteiger partial charge on any atom is 0.143 e. The first-order valence-electron chi connectivity index (χ1n) is 11.7. The Bertz CT molecular complexity index is 1830. The Morgan fingerprint density at radius 1 is 0.486 bits per heavy atom. The Labute approximate surface area is 202 Å². The minimum absolute atomic E-state index is 0.872. The molecule has 0 unspecified atom stereocenters. The van der Waals surface area contributed by atoms with Crippen molar-refractivity contribution in [1.29, 1.82) is 0 Å². The van der Waals surface area contributed by atoms with Crippen molar-refractivity contribution in [2.24, 2.45) is 0 Å². The molecule has 0 saturated carbocycles. The van der Waals surface area contributed by atoms with Crippen LogP contribution in [0.3, 0.4) is 0 Å². The predicted molar refractivity (Wildman–Crippen MR) is 143 cm³/mol. The van der Waals surface area contributed by atoms with Crippen LogP contribution >= 0.6 is 0 Å². The lowest BCUT2D eigenvalue weighted by molar-refractivity contribution is 0.672. The molecular weight excluding hydrogens is 428 g/mol. The number of rotatable bonds is 3. The molecule has 0 N–H and O–H groups in total. The van der Waals surface area contributed by atoms with Gasteiger partial charge in [-0.1, -0.05) is 72.8 Å². The summed E-state index contributed by atoms with van der Waals surface area (Å²) in [6.07, 6.45) is 1.79. The molecule has 35 heavy (non-hydrogen) atoms. The van der Waals surface area contributed by atoms with Gasteiger partial charge in [-0.05, 0) is 59.0 Å². The first-order valence-corrected chi connectivity index (χ1v) is 11.7. The van der Waals surface area contributed by atoms with Gasteiger partial charge in [0.1, 0.15) is 11.2 Å². The average molecular weight is 449 g/mol. The number of furan rings is 1. The zero-order valence-electron chi connectivity index (χ0n) is 18.8. The summed E-state index contributed by atoms with van der Waals surface area (Å²) in [6.45, 7) is 0. The summed E-state index contributed by atoms with van der Waals surface area (Å²) in [6, 6.07) is 39.6. The molecule has 0 fully saturated rings. The molecule has 7 aromatic rings. The van der Waals surface area contributed by atoms with Gasteiger partial charge in [0.25, 0.3) is 0 Å². The van der Waals surface area contributed by atoms with Crippen LogP contribution in [0.25, 0.3) is 66.5 Å². The quantitative estimate of drug-likeness (QED) is 0.272. The topological polar surface area (TPSA) is 38.9 Å². The second kappa shape index (κ2) is 7.93. The Hall–Kier alpha value is -4.76. The van der Waals surface area contributed by atoms with E-state index in [0.717, 1.165) is 61.1 Å². The van der Waals surface area contributed by atoms with Gasteiger partial charge in [-0.2, -0.15) is 0 Å². The van der Waals surface area contributed by atoms with Crippen molar-refractivity contribution in [1.82, 2.24) is 9.97 Å². The van der Waals surface area contributed by atoms with E-state index in [2.05, 4.69) is 83.8 Å². The van der Waals surface area contributed by atoms with Gasteiger partial charge >= 0.3 is 0 Å². The molecule has 4 aromatic carbocycles. The van der Waals surface area contributed by atoms with Crippen LogP contribution < -0.4 is 0 Å². The SMILES string of the molecule is c1ccc(-c2cccc(-c3ccc(-c4ccc5oc6c7ccccc7ccc6c5c4)cc3)n2)nc1. The summed E-state index contributed by atoms with van der Waals surface area (Å²) in [4.78, 5) is 9.26. The molecule has 0 aliphatic rings. The first kappa shape index (κ1) is 19.7. The van der Waals surface area contributed by atoms with Gasteiger partial charge in [-0.3, -0.25) is 4.98 Å². The van der Waals surface area contributed by atoms with E-state index in [4.69, 9.17) is 9.40 Å². The first-order chi connectivity index (χ1) is 17.3. The number of hydrogen-bond acceptors (Lipinski definition) is 3. The Morgan fingerprint density at radius 2 is 1.26 bits per heavy atom. The molecule has 0 spiro atoms. The zero-order valence-corrected chi connectivity index (χ0v) is 18.8. The third-order valence-electron chi connectivity index (χ3n) is 6.55. The van der Waals surface area contributed by atoms with Crippen LogP contribution in [0.15, 0.2) is 126 Å². The predicted octanol–water partition coefficient (Wildman–Crippen LogP) is 8.53. The minimum atomic E-state index is 0.872. The van der Waals surface area contributed by atoms with E-state index in [9.17, 15) is 0 Å². The highest BCUT2D eigenvalue weighted by Crippen LogP contribution is 2.36. The van der Waals surface area contributed by atoms with E-state index in [1.807, 2.05) is 36.4 Å². The number of benzene rings is 4. The second-order valence-electron chi connectivity index (χ2n) is 8.68. The molecule has 0 aliphatic carbocycles. The van der Waals surface area contributed by atoms with Crippen molar-refractivity contribution in [2.45, 2.75) is 0 Å². The molecule has 0 saturated heterocycles. The summed E-state index contributed by atoms with van der Waals surface area (Å²) in [5, 5.41) is 4.62. The Morgan fingerprint density at radius 3 is 2.14 bits per heavy atom. The fraction of sp³-hybridized carbons (Fsp3) is 0. The van der Waals surface area contributed by atoms with Crippen LogP contribution in [0, 0.1) is 0 Å². The van der Waals surface area contributed by atoms with Crippen molar-refractivity contribution in [3.63, 3.8) is 0 Å². The third kappa shape index (κ3) is 3.37. The van der Waals surface area contributed by atoms with Gasteiger partial charge in [-0.25, -0.2) is 4.98 Å². The number of nitrogens with zero attached hydrogens (tertiary/aromatic N) is 2. The lowest BCUT2D eigenvalue weighted by atomic mass is 10.00. The zero-order chi connectivity index (χ0) is 23.2. The van der Waals surface area contributed by atoms with Gasteiger partial charge in [0.2, 0.25) is 0 Å². The van der Waals surface area contributed by atoms with Gasteiger partial charge in [-0.15, -0.1) is 0 Å². The maximum absolute atomic E-state index is 6.27.